The molecule has 1 N–H and O–H groups in total. The van der Waals surface area contributed by atoms with Gasteiger partial charge in [-0.15, -0.1) is 11.3 Å². The van der Waals surface area contributed by atoms with E-state index in [0.717, 1.165) is 34.9 Å². The molecular formula is C19H24N4O3S2. The molecule has 0 aliphatic carbocycles. The second kappa shape index (κ2) is 7.90. The van der Waals surface area contributed by atoms with Gasteiger partial charge in [-0.1, -0.05) is 6.92 Å². The quantitative estimate of drug-likeness (QED) is 0.801. The molecule has 4 rings (SSSR count). The van der Waals surface area contributed by atoms with Gasteiger partial charge in [-0.05, 0) is 36.6 Å². The third-order valence-electron chi connectivity index (χ3n) is 5.23. The van der Waals surface area contributed by atoms with Gasteiger partial charge in [0.2, 0.25) is 15.9 Å². The van der Waals surface area contributed by atoms with E-state index < -0.39 is 10.0 Å². The van der Waals surface area contributed by atoms with Gasteiger partial charge in [0.25, 0.3) is 0 Å². The van der Waals surface area contributed by atoms with Crippen molar-refractivity contribution in [3.8, 4) is 0 Å². The average Bonchev–Trinajstić information content (AvgIpc) is 3.15. The summed E-state index contributed by atoms with van der Waals surface area (Å²) in [5.41, 5.74) is 2.67. The van der Waals surface area contributed by atoms with Crippen LogP contribution >= 0.6 is 11.3 Å². The van der Waals surface area contributed by atoms with Crippen molar-refractivity contribution in [3.63, 3.8) is 0 Å². The number of carbonyl (C=O) groups is 1. The summed E-state index contributed by atoms with van der Waals surface area (Å²) >= 11 is 1.68. The van der Waals surface area contributed by atoms with E-state index in [-0.39, 0.29) is 5.91 Å². The number of hydrogen-bond donors (Lipinski definition) is 1. The van der Waals surface area contributed by atoms with Crippen LogP contribution in [0.3, 0.4) is 0 Å². The number of carbonyl (C=O) groups excluding carboxylic acids is 1. The third kappa shape index (κ3) is 3.98. The van der Waals surface area contributed by atoms with Gasteiger partial charge in [-0.2, -0.15) is 4.31 Å². The van der Waals surface area contributed by atoms with E-state index in [0.29, 0.717) is 43.9 Å². The van der Waals surface area contributed by atoms with Crippen molar-refractivity contribution in [3.05, 3.63) is 39.8 Å². The van der Waals surface area contributed by atoms with Gasteiger partial charge in [0.15, 0.2) is 0 Å². The standard InChI is InChI=1S/C19H24N4O3S2/c1-2-19-20-15(13-27-19)12-22-7-9-23(10-8-22)28(25,26)16-4-5-17-14(11-16)3-6-18(24)21-17/h4-5,11,13H,2-3,6-10,12H2,1H3,(H,21,24). The molecule has 0 bridgehead atoms. The van der Waals surface area contributed by atoms with E-state index in [2.05, 4.69) is 27.5 Å². The predicted octanol–water partition coefficient (Wildman–Crippen LogP) is 2.10. The van der Waals surface area contributed by atoms with Gasteiger partial charge >= 0.3 is 0 Å². The molecule has 150 valence electrons. The largest absolute Gasteiger partial charge is 0.326 e. The molecule has 0 atom stereocenters. The van der Waals surface area contributed by atoms with Crippen molar-refractivity contribution in [2.24, 2.45) is 0 Å². The zero-order chi connectivity index (χ0) is 19.7. The highest BCUT2D eigenvalue weighted by molar-refractivity contribution is 7.89. The summed E-state index contributed by atoms with van der Waals surface area (Å²) in [6, 6.07) is 4.99. The molecule has 0 spiro atoms. The van der Waals surface area contributed by atoms with Crippen LogP contribution in [0.2, 0.25) is 0 Å². The SMILES string of the molecule is CCc1nc(CN2CCN(S(=O)(=O)c3ccc4c(c3)CCC(=O)N4)CC2)cs1. The van der Waals surface area contributed by atoms with E-state index >= 15 is 0 Å². The lowest BCUT2D eigenvalue weighted by atomic mass is 10.0. The van der Waals surface area contributed by atoms with Crippen molar-refractivity contribution < 1.29 is 13.2 Å². The monoisotopic (exact) mass is 420 g/mol. The summed E-state index contributed by atoms with van der Waals surface area (Å²) in [7, 11) is -3.52. The van der Waals surface area contributed by atoms with E-state index in [1.54, 1.807) is 33.8 Å². The van der Waals surface area contributed by atoms with Crippen LogP contribution in [0.5, 0.6) is 0 Å². The fourth-order valence-corrected chi connectivity index (χ4v) is 5.82. The minimum Gasteiger partial charge on any atom is -0.326 e. The van der Waals surface area contributed by atoms with Crippen molar-refractivity contribution in [2.75, 3.05) is 31.5 Å². The molecule has 2 aliphatic heterocycles. The highest BCUT2D eigenvalue weighted by Gasteiger charge is 2.29. The van der Waals surface area contributed by atoms with Crippen LogP contribution in [0, 0.1) is 0 Å². The van der Waals surface area contributed by atoms with Crippen LogP contribution in [-0.4, -0.2) is 54.7 Å². The number of rotatable bonds is 5. The average molecular weight is 421 g/mol. The van der Waals surface area contributed by atoms with Gasteiger partial charge in [-0.25, -0.2) is 13.4 Å². The molecule has 9 heteroatoms. The van der Waals surface area contributed by atoms with Crippen LogP contribution in [0.4, 0.5) is 5.69 Å². The second-order valence-electron chi connectivity index (χ2n) is 7.13. The van der Waals surface area contributed by atoms with Gasteiger partial charge in [-0.3, -0.25) is 9.69 Å². The number of piperazine rings is 1. The molecule has 0 saturated carbocycles. The van der Waals surface area contributed by atoms with Crippen LogP contribution in [0.25, 0.3) is 0 Å². The Morgan fingerprint density at radius 3 is 2.68 bits per heavy atom. The Kier molecular flexibility index (Phi) is 5.50. The Bertz CT molecular complexity index is 979. The molecule has 2 aromatic rings. The molecule has 1 amide bonds. The first-order valence-electron chi connectivity index (χ1n) is 9.54. The van der Waals surface area contributed by atoms with Crippen LogP contribution in [0.1, 0.15) is 29.6 Å². The molecule has 3 heterocycles. The number of fused-ring (bicyclic) bond motifs is 1. The lowest BCUT2D eigenvalue weighted by molar-refractivity contribution is -0.116. The summed E-state index contributed by atoms with van der Waals surface area (Å²) in [5, 5.41) is 6.02. The normalized spacial score (nSPS) is 18.7. The number of aromatic nitrogens is 1. The van der Waals surface area contributed by atoms with Crippen molar-refractivity contribution in [2.45, 2.75) is 37.6 Å². The van der Waals surface area contributed by atoms with Crippen molar-refractivity contribution in [1.82, 2.24) is 14.2 Å². The molecule has 1 fully saturated rings. The zero-order valence-corrected chi connectivity index (χ0v) is 17.5. The molecule has 0 radical (unpaired) electrons. The molecule has 28 heavy (non-hydrogen) atoms. The Labute approximate surface area is 169 Å². The first-order valence-corrected chi connectivity index (χ1v) is 11.9. The summed E-state index contributed by atoms with van der Waals surface area (Å²) in [6.07, 6.45) is 1.92. The number of anilines is 1. The van der Waals surface area contributed by atoms with E-state index in [9.17, 15) is 13.2 Å². The number of amides is 1. The number of nitrogens with one attached hydrogen (secondary N) is 1. The number of thiazole rings is 1. The number of benzene rings is 1. The summed E-state index contributed by atoms with van der Waals surface area (Å²) in [6.45, 7) is 5.20. The molecule has 7 nitrogen and oxygen atoms in total. The number of nitrogens with zero attached hydrogens (tertiary/aromatic N) is 3. The highest BCUT2D eigenvalue weighted by atomic mass is 32.2. The number of hydrogen-bond acceptors (Lipinski definition) is 6. The van der Waals surface area contributed by atoms with Gasteiger partial charge in [0.05, 0.1) is 15.6 Å². The van der Waals surface area contributed by atoms with Gasteiger partial charge in [0, 0.05) is 50.2 Å². The maximum Gasteiger partial charge on any atom is 0.243 e. The van der Waals surface area contributed by atoms with Crippen LogP contribution in [0.15, 0.2) is 28.5 Å². The number of aryl methyl sites for hydroxylation is 2. The smallest absolute Gasteiger partial charge is 0.243 e. The van der Waals surface area contributed by atoms with E-state index in [4.69, 9.17) is 0 Å². The first kappa shape index (κ1) is 19.5. The topological polar surface area (TPSA) is 82.6 Å². The summed E-state index contributed by atoms with van der Waals surface area (Å²) < 4.78 is 27.7. The van der Waals surface area contributed by atoms with Gasteiger partial charge < -0.3 is 5.32 Å². The molecule has 1 aromatic heterocycles. The minimum atomic E-state index is -3.52. The fraction of sp³-hybridized carbons (Fsp3) is 0.474. The number of sulfonamides is 1. The van der Waals surface area contributed by atoms with Crippen LogP contribution in [-0.2, 0) is 34.2 Å². The summed E-state index contributed by atoms with van der Waals surface area (Å²) in [4.78, 5) is 18.6. The Morgan fingerprint density at radius 1 is 1.18 bits per heavy atom. The Morgan fingerprint density at radius 2 is 1.96 bits per heavy atom. The maximum atomic E-state index is 13.1. The predicted molar refractivity (Wildman–Crippen MR) is 109 cm³/mol. The molecule has 0 unspecified atom stereocenters. The van der Waals surface area contributed by atoms with Crippen LogP contribution < -0.4 is 5.32 Å². The van der Waals surface area contributed by atoms with Crippen molar-refractivity contribution in [1.29, 1.82) is 0 Å². The van der Waals surface area contributed by atoms with E-state index in [1.807, 2.05) is 0 Å². The molecule has 1 aromatic carbocycles. The fourth-order valence-electron chi connectivity index (χ4n) is 3.61. The minimum absolute atomic E-state index is 0.0228. The molecular weight excluding hydrogens is 396 g/mol. The molecule has 2 aliphatic rings. The van der Waals surface area contributed by atoms with Crippen molar-refractivity contribution >= 4 is 33.0 Å². The lowest BCUT2D eigenvalue weighted by Gasteiger charge is -2.33. The van der Waals surface area contributed by atoms with E-state index in [1.165, 1.54) is 0 Å². The summed E-state index contributed by atoms with van der Waals surface area (Å²) in [5.74, 6) is -0.0228. The lowest BCUT2D eigenvalue weighted by Crippen LogP contribution is -2.48. The molecule has 1 saturated heterocycles. The van der Waals surface area contributed by atoms with Gasteiger partial charge in [0.1, 0.15) is 0 Å². The Balaban J connectivity index is 1.41. The highest BCUT2D eigenvalue weighted by Crippen LogP contribution is 2.27. The first-order chi connectivity index (χ1) is 13.5. The zero-order valence-electron chi connectivity index (χ0n) is 15.8. The Hall–Kier alpha value is -1.81. The third-order valence-corrected chi connectivity index (χ3v) is 8.17. The second-order valence-corrected chi connectivity index (χ2v) is 10.0. The maximum absolute atomic E-state index is 13.1.